The number of halogens is 1. The molecule has 0 aliphatic carbocycles. The summed E-state index contributed by atoms with van der Waals surface area (Å²) < 4.78 is 27.3. The van der Waals surface area contributed by atoms with E-state index in [-0.39, 0.29) is 10.8 Å². The largest absolute Gasteiger partial charge is 0.347 e. The minimum Gasteiger partial charge on any atom is -0.347 e. The Kier molecular flexibility index (Phi) is 5.61. The molecule has 2 N–H and O–H groups in total. The number of sulfonamides is 1. The van der Waals surface area contributed by atoms with Gasteiger partial charge in [0, 0.05) is 21.2 Å². The van der Waals surface area contributed by atoms with Gasteiger partial charge in [0.15, 0.2) is 0 Å². The number of rotatable bonds is 6. The minimum atomic E-state index is -3.74. The summed E-state index contributed by atoms with van der Waals surface area (Å²) in [7, 11) is -3.74. The molecule has 0 saturated heterocycles. The molecule has 3 aromatic rings. The maximum atomic E-state index is 12.4. The zero-order chi connectivity index (χ0) is 18.6. The summed E-state index contributed by atoms with van der Waals surface area (Å²) in [5.41, 5.74) is 0.805. The SMILES string of the molecule is O=C(NCc1cccs1)c1ccc(S(=O)(=O)Nc2ccc(Cl)cc2)cc1. The highest BCUT2D eigenvalue weighted by Crippen LogP contribution is 2.19. The van der Waals surface area contributed by atoms with E-state index in [1.165, 1.54) is 24.3 Å². The zero-order valence-electron chi connectivity index (χ0n) is 13.5. The van der Waals surface area contributed by atoms with Crippen molar-refractivity contribution in [2.24, 2.45) is 0 Å². The Morgan fingerprint density at radius 2 is 1.69 bits per heavy atom. The van der Waals surface area contributed by atoms with Crippen LogP contribution in [0, 0.1) is 0 Å². The van der Waals surface area contributed by atoms with Crippen molar-refractivity contribution in [1.29, 1.82) is 0 Å². The summed E-state index contributed by atoms with van der Waals surface area (Å²) in [5, 5.41) is 5.26. The molecule has 2 aromatic carbocycles. The number of benzene rings is 2. The molecule has 0 saturated carbocycles. The first-order chi connectivity index (χ1) is 12.4. The van der Waals surface area contributed by atoms with E-state index < -0.39 is 10.0 Å². The van der Waals surface area contributed by atoms with E-state index in [0.29, 0.717) is 22.8 Å². The van der Waals surface area contributed by atoms with Crippen molar-refractivity contribution >= 4 is 44.6 Å². The summed E-state index contributed by atoms with van der Waals surface area (Å²) in [4.78, 5) is 13.3. The number of carbonyl (C=O) groups excluding carboxylic acids is 1. The van der Waals surface area contributed by atoms with Gasteiger partial charge < -0.3 is 5.32 Å². The van der Waals surface area contributed by atoms with Gasteiger partial charge in [0.2, 0.25) is 0 Å². The fourth-order valence-corrected chi connectivity index (χ4v) is 4.03. The Balaban J connectivity index is 1.67. The Morgan fingerprint density at radius 1 is 1.00 bits per heavy atom. The van der Waals surface area contributed by atoms with Crippen LogP contribution < -0.4 is 10.0 Å². The van der Waals surface area contributed by atoms with Crippen molar-refractivity contribution in [3.8, 4) is 0 Å². The van der Waals surface area contributed by atoms with E-state index in [4.69, 9.17) is 11.6 Å². The lowest BCUT2D eigenvalue weighted by Gasteiger charge is -2.09. The van der Waals surface area contributed by atoms with Gasteiger partial charge >= 0.3 is 0 Å². The number of amides is 1. The third-order valence-electron chi connectivity index (χ3n) is 3.53. The summed E-state index contributed by atoms with van der Waals surface area (Å²) >= 11 is 7.35. The fraction of sp³-hybridized carbons (Fsp3) is 0.0556. The molecular weight excluding hydrogens is 392 g/mol. The van der Waals surface area contributed by atoms with Crippen LogP contribution in [0.3, 0.4) is 0 Å². The Hall–Kier alpha value is -2.35. The van der Waals surface area contributed by atoms with Crippen LogP contribution in [-0.4, -0.2) is 14.3 Å². The molecule has 8 heteroatoms. The van der Waals surface area contributed by atoms with Gasteiger partial charge in [0.1, 0.15) is 0 Å². The van der Waals surface area contributed by atoms with Gasteiger partial charge in [-0.3, -0.25) is 9.52 Å². The molecule has 0 bridgehead atoms. The second-order valence-electron chi connectivity index (χ2n) is 5.40. The molecule has 1 amide bonds. The normalized spacial score (nSPS) is 11.1. The average molecular weight is 407 g/mol. The maximum Gasteiger partial charge on any atom is 0.261 e. The van der Waals surface area contributed by atoms with Crippen LogP contribution >= 0.6 is 22.9 Å². The lowest BCUT2D eigenvalue weighted by molar-refractivity contribution is 0.0951. The van der Waals surface area contributed by atoms with Gasteiger partial charge in [-0.1, -0.05) is 17.7 Å². The van der Waals surface area contributed by atoms with Gasteiger partial charge in [-0.15, -0.1) is 11.3 Å². The maximum absolute atomic E-state index is 12.4. The molecule has 0 aliphatic rings. The molecule has 134 valence electrons. The Morgan fingerprint density at radius 3 is 2.31 bits per heavy atom. The van der Waals surface area contributed by atoms with Crippen molar-refractivity contribution < 1.29 is 13.2 Å². The standard InChI is InChI=1S/C18H15ClN2O3S2/c19-14-5-7-15(8-6-14)21-26(23,24)17-9-3-13(4-10-17)18(22)20-12-16-2-1-11-25-16/h1-11,21H,12H2,(H,20,22). The number of anilines is 1. The van der Waals surface area contributed by atoms with Crippen molar-refractivity contribution in [3.05, 3.63) is 81.5 Å². The number of nitrogens with one attached hydrogen (secondary N) is 2. The number of carbonyl (C=O) groups is 1. The van der Waals surface area contributed by atoms with Crippen LogP contribution in [0.15, 0.2) is 70.9 Å². The Bertz CT molecular complexity index is 984. The predicted octanol–water partition coefficient (Wildman–Crippen LogP) is 4.13. The molecule has 5 nitrogen and oxygen atoms in total. The quantitative estimate of drug-likeness (QED) is 0.646. The summed E-state index contributed by atoms with van der Waals surface area (Å²) in [6.45, 7) is 0.439. The predicted molar refractivity (Wildman–Crippen MR) is 104 cm³/mol. The smallest absolute Gasteiger partial charge is 0.261 e. The second kappa shape index (κ2) is 7.90. The minimum absolute atomic E-state index is 0.0715. The molecule has 3 rings (SSSR count). The van der Waals surface area contributed by atoms with Gasteiger partial charge in [-0.05, 0) is 60.0 Å². The van der Waals surface area contributed by atoms with Crippen LogP contribution in [-0.2, 0) is 16.6 Å². The molecule has 0 radical (unpaired) electrons. The lowest BCUT2D eigenvalue weighted by Crippen LogP contribution is -2.22. The first-order valence-electron chi connectivity index (χ1n) is 7.63. The van der Waals surface area contributed by atoms with E-state index in [9.17, 15) is 13.2 Å². The molecule has 0 atom stereocenters. The van der Waals surface area contributed by atoms with Crippen LogP contribution in [0.25, 0.3) is 0 Å². The van der Waals surface area contributed by atoms with Crippen molar-refractivity contribution in [2.45, 2.75) is 11.4 Å². The van der Waals surface area contributed by atoms with E-state index in [1.54, 1.807) is 35.6 Å². The van der Waals surface area contributed by atoms with E-state index in [0.717, 1.165) is 4.88 Å². The van der Waals surface area contributed by atoms with Crippen molar-refractivity contribution in [3.63, 3.8) is 0 Å². The van der Waals surface area contributed by atoms with E-state index >= 15 is 0 Å². The molecular formula is C18H15ClN2O3S2. The monoisotopic (exact) mass is 406 g/mol. The van der Waals surface area contributed by atoms with Crippen molar-refractivity contribution in [2.75, 3.05) is 4.72 Å². The molecule has 1 aromatic heterocycles. The van der Waals surface area contributed by atoms with E-state index in [1.807, 2.05) is 17.5 Å². The van der Waals surface area contributed by atoms with Gasteiger partial charge in [0.05, 0.1) is 11.4 Å². The summed E-state index contributed by atoms with van der Waals surface area (Å²) in [5.74, 6) is -0.256. The van der Waals surface area contributed by atoms with Crippen LogP contribution in [0.1, 0.15) is 15.2 Å². The van der Waals surface area contributed by atoms with Crippen LogP contribution in [0.4, 0.5) is 5.69 Å². The summed E-state index contributed by atoms with van der Waals surface area (Å²) in [6.07, 6.45) is 0. The molecule has 0 spiro atoms. The zero-order valence-corrected chi connectivity index (χ0v) is 15.9. The van der Waals surface area contributed by atoms with Crippen LogP contribution in [0.2, 0.25) is 5.02 Å². The molecule has 0 aliphatic heterocycles. The summed E-state index contributed by atoms with van der Waals surface area (Å²) in [6, 6.07) is 16.0. The first kappa shape index (κ1) is 18.4. The molecule has 1 heterocycles. The number of thiophene rings is 1. The first-order valence-corrected chi connectivity index (χ1v) is 10.4. The van der Waals surface area contributed by atoms with Gasteiger partial charge in [0.25, 0.3) is 15.9 Å². The van der Waals surface area contributed by atoms with Gasteiger partial charge in [-0.25, -0.2) is 8.42 Å². The highest BCUT2D eigenvalue weighted by atomic mass is 35.5. The number of hydrogen-bond donors (Lipinski definition) is 2. The van der Waals surface area contributed by atoms with Crippen molar-refractivity contribution in [1.82, 2.24) is 5.32 Å². The van der Waals surface area contributed by atoms with E-state index in [2.05, 4.69) is 10.0 Å². The van der Waals surface area contributed by atoms with Crippen LogP contribution in [0.5, 0.6) is 0 Å². The third kappa shape index (κ3) is 4.63. The lowest BCUT2D eigenvalue weighted by atomic mass is 10.2. The van der Waals surface area contributed by atoms with Gasteiger partial charge in [-0.2, -0.15) is 0 Å². The molecule has 0 unspecified atom stereocenters. The highest BCUT2D eigenvalue weighted by molar-refractivity contribution is 7.92. The number of hydrogen-bond acceptors (Lipinski definition) is 4. The second-order valence-corrected chi connectivity index (χ2v) is 8.55. The average Bonchev–Trinajstić information content (AvgIpc) is 3.15. The molecule has 0 fully saturated rings. The molecule has 26 heavy (non-hydrogen) atoms. The topological polar surface area (TPSA) is 75.3 Å². The third-order valence-corrected chi connectivity index (χ3v) is 6.05. The Labute approximate surface area is 160 Å². The fourth-order valence-electron chi connectivity index (χ4n) is 2.20. The highest BCUT2D eigenvalue weighted by Gasteiger charge is 2.15.